The van der Waals surface area contributed by atoms with E-state index in [0.717, 1.165) is 12.1 Å². The minimum absolute atomic E-state index is 0.00360. The van der Waals surface area contributed by atoms with Crippen LogP contribution in [0.15, 0.2) is 42.6 Å². The van der Waals surface area contributed by atoms with Crippen LogP contribution in [-0.2, 0) is 30.5 Å². The van der Waals surface area contributed by atoms with Gasteiger partial charge >= 0.3 is 12.1 Å². The molecule has 0 radical (unpaired) electrons. The fourth-order valence-electron chi connectivity index (χ4n) is 4.75. The van der Waals surface area contributed by atoms with Crippen LogP contribution in [0.25, 0.3) is 22.3 Å². The molecule has 0 saturated carbocycles. The number of pyridine rings is 1. The molecule has 1 saturated heterocycles. The van der Waals surface area contributed by atoms with Gasteiger partial charge in [-0.2, -0.15) is 13.2 Å². The van der Waals surface area contributed by atoms with Crippen molar-refractivity contribution in [3.63, 3.8) is 0 Å². The Bertz CT molecular complexity index is 1940. The number of fused-ring (bicyclic) bond motifs is 1. The Morgan fingerprint density at radius 1 is 1.09 bits per heavy atom. The Morgan fingerprint density at radius 2 is 1.87 bits per heavy atom. The third-order valence-corrected chi connectivity index (χ3v) is 8.09. The summed E-state index contributed by atoms with van der Waals surface area (Å²) in [6.07, 6.45) is -4.20. The van der Waals surface area contributed by atoms with Crippen molar-refractivity contribution in [3.05, 3.63) is 92.7 Å². The first kappa shape index (κ1) is 30.5. The van der Waals surface area contributed by atoms with Crippen LogP contribution in [0, 0.1) is 23.3 Å². The lowest BCUT2D eigenvalue weighted by atomic mass is 10.0. The van der Waals surface area contributed by atoms with Gasteiger partial charge < -0.3 is 19.1 Å². The van der Waals surface area contributed by atoms with E-state index in [0.29, 0.717) is 30.6 Å². The molecule has 6 rings (SSSR count). The summed E-state index contributed by atoms with van der Waals surface area (Å²) in [6, 6.07) is 6.64. The maximum Gasteiger partial charge on any atom is 0.427 e. The first-order chi connectivity index (χ1) is 21.4. The largest absolute Gasteiger partial charge is 0.478 e. The quantitative estimate of drug-likeness (QED) is 0.138. The van der Waals surface area contributed by atoms with E-state index in [4.69, 9.17) is 9.47 Å². The average Bonchev–Trinajstić information content (AvgIpc) is 3.59. The highest BCUT2D eigenvalue weighted by Gasteiger charge is 2.33. The first-order valence-electron chi connectivity index (χ1n) is 13.2. The van der Waals surface area contributed by atoms with Crippen LogP contribution in [0.4, 0.5) is 30.7 Å². The molecule has 1 N–H and O–H groups in total. The number of aromatic carboxylic acids is 1. The summed E-state index contributed by atoms with van der Waals surface area (Å²) in [5.41, 5.74) is -1.99. The second-order valence-electron chi connectivity index (χ2n) is 10.0. The standard InChI is InChI=1S/C29H19F7N4O4S/c30-17-8-16(19-2-1-3-23(38-19)44-12-24-37-10-21(45-24)29(34,35)36)26(33)25(32)15(17)9-22-39-27-18(31)6-13(28(41)42)7-20(27)40(22)11-14-4-5-43-14/h1-3,6-8,10,14H,4-5,9,11-12H2,(H,41,42)/t14-/m0/s1. The van der Waals surface area contributed by atoms with Gasteiger partial charge in [0.05, 0.1) is 35.6 Å². The van der Waals surface area contributed by atoms with Crippen LogP contribution < -0.4 is 4.74 Å². The molecule has 2 aromatic carbocycles. The number of nitrogens with zero attached hydrogens (tertiary/aromatic N) is 4. The zero-order valence-corrected chi connectivity index (χ0v) is 23.5. The maximum absolute atomic E-state index is 15.5. The van der Waals surface area contributed by atoms with Crippen molar-refractivity contribution < 1.29 is 50.1 Å². The highest BCUT2D eigenvalue weighted by Crippen LogP contribution is 2.34. The number of halogens is 7. The number of thiazole rings is 1. The monoisotopic (exact) mass is 652 g/mol. The van der Waals surface area contributed by atoms with E-state index in [2.05, 4.69) is 15.0 Å². The lowest BCUT2D eigenvalue weighted by Crippen LogP contribution is -2.31. The van der Waals surface area contributed by atoms with Crippen molar-refractivity contribution in [1.82, 2.24) is 19.5 Å². The normalized spacial score (nSPS) is 15.0. The summed E-state index contributed by atoms with van der Waals surface area (Å²) < 4.78 is 112. The molecule has 1 aliphatic heterocycles. The summed E-state index contributed by atoms with van der Waals surface area (Å²) in [5, 5.41) is 9.37. The number of carboxylic acids is 1. The van der Waals surface area contributed by atoms with Crippen molar-refractivity contribution in [3.8, 4) is 17.1 Å². The van der Waals surface area contributed by atoms with E-state index < -0.39 is 57.8 Å². The lowest BCUT2D eigenvalue weighted by molar-refractivity contribution is -0.134. The minimum atomic E-state index is -4.57. The molecule has 1 fully saturated rings. The van der Waals surface area contributed by atoms with Gasteiger partial charge in [-0.1, -0.05) is 6.07 Å². The molecule has 0 amide bonds. The average molecular weight is 653 g/mol. The molecule has 4 heterocycles. The molecule has 234 valence electrons. The molecule has 45 heavy (non-hydrogen) atoms. The number of benzene rings is 2. The summed E-state index contributed by atoms with van der Waals surface area (Å²) in [5.74, 6) is -6.70. The third kappa shape index (κ3) is 6.07. The fourth-order valence-corrected chi connectivity index (χ4v) is 5.45. The van der Waals surface area contributed by atoms with E-state index in [1.165, 1.54) is 28.8 Å². The summed E-state index contributed by atoms with van der Waals surface area (Å²) >= 11 is 0.372. The highest BCUT2D eigenvalue weighted by molar-refractivity contribution is 7.11. The van der Waals surface area contributed by atoms with E-state index in [1.54, 1.807) is 0 Å². The Kier molecular flexibility index (Phi) is 7.95. The van der Waals surface area contributed by atoms with Gasteiger partial charge in [-0.3, -0.25) is 0 Å². The number of carboxylic acid groups (broad SMARTS) is 1. The van der Waals surface area contributed by atoms with Gasteiger partial charge in [0, 0.05) is 30.2 Å². The van der Waals surface area contributed by atoms with E-state index in [9.17, 15) is 27.5 Å². The minimum Gasteiger partial charge on any atom is -0.478 e. The SMILES string of the molecule is O=C(O)c1cc(F)c2nc(Cc3c(F)cc(-c4cccc(OCc5ncc(C(F)(F)F)s5)n4)c(F)c3F)n(C[C@@H]3CCO3)c2c1. The smallest absolute Gasteiger partial charge is 0.427 e. The number of rotatable bonds is 9. The number of hydrogen-bond donors (Lipinski definition) is 1. The fraction of sp³-hybridized carbons (Fsp3) is 0.241. The van der Waals surface area contributed by atoms with Gasteiger partial charge in [0.1, 0.15) is 33.6 Å². The third-order valence-electron chi connectivity index (χ3n) is 7.08. The summed E-state index contributed by atoms with van der Waals surface area (Å²) in [6.45, 7) is 0.178. The van der Waals surface area contributed by atoms with E-state index in [-0.39, 0.29) is 58.3 Å². The van der Waals surface area contributed by atoms with Crippen molar-refractivity contribution in [2.45, 2.75) is 38.3 Å². The number of imidazole rings is 1. The zero-order valence-electron chi connectivity index (χ0n) is 22.7. The van der Waals surface area contributed by atoms with Crippen LogP contribution in [0.2, 0.25) is 0 Å². The molecular weight excluding hydrogens is 633 g/mol. The summed E-state index contributed by atoms with van der Waals surface area (Å²) in [7, 11) is 0. The molecule has 0 bridgehead atoms. The van der Waals surface area contributed by atoms with Gasteiger partial charge in [0.25, 0.3) is 0 Å². The zero-order chi connectivity index (χ0) is 32.0. The van der Waals surface area contributed by atoms with E-state index in [1.807, 2.05) is 0 Å². The van der Waals surface area contributed by atoms with Crippen molar-refractivity contribution in [2.24, 2.45) is 0 Å². The van der Waals surface area contributed by atoms with Crippen molar-refractivity contribution in [2.75, 3.05) is 6.61 Å². The number of alkyl halides is 3. The Balaban J connectivity index is 1.30. The lowest BCUT2D eigenvalue weighted by Gasteiger charge is -2.27. The Hall–Kier alpha value is -4.57. The predicted molar refractivity (Wildman–Crippen MR) is 145 cm³/mol. The highest BCUT2D eigenvalue weighted by atomic mass is 32.1. The van der Waals surface area contributed by atoms with Gasteiger partial charge in [-0.15, -0.1) is 11.3 Å². The number of carbonyl (C=O) groups is 1. The molecule has 1 atom stereocenters. The number of ether oxygens (including phenoxy) is 2. The van der Waals surface area contributed by atoms with Crippen LogP contribution in [-0.4, -0.2) is 43.3 Å². The molecule has 1 aliphatic rings. The second-order valence-corrected chi connectivity index (χ2v) is 11.1. The van der Waals surface area contributed by atoms with Gasteiger partial charge in [0.2, 0.25) is 5.88 Å². The van der Waals surface area contributed by atoms with Crippen LogP contribution >= 0.6 is 11.3 Å². The predicted octanol–water partition coefficient (Wildman–Crippen LogP) is 6.79. The Labute approximate surface area is 252 Å². The van der Waals surface area contributed by atoms with Crippen LogP contribution in [0.3, 0.4) is 0 Å². The molecule has 8 nitrogen and oxygen atoms in total. The van der Waals surface area contributed by atoms with Gasteiger partial charge in [0.15, 0.2) is 17.5 Å². The second kappa shape index (κ2) is 11.7. The van der Waals surface area contributed by atoms with Gasteiger partial charge in [-0.05, 0) is 30.7 Å². The number of aromatic nitrogens is 4. The molecule has 5 aromatic rings. The molecule has 16 heteroatoms. The molecule has 3 aromatic heterocycles. The topological polar surface area (TPSA) is 99.4 Å². The Morgan fingerprint density at radius 3 is 2.53 bits per heavy atom. The van der Waals surface area contributed by atoms with Crippen molar-refractivity contribution >= 4 is 28.3 Å². The van der Waals surface area contributed by atoms with Gasteiger partial charge in [-0.25, -0.2) is 37.3 Å². The number of hydrogen-bond acceptors (Lipinski definition) is 7. The van der Waals surface area contributed by atoms with Crippen LogP contribution in [0.1, 0.15) is 38.1 Å². The van der Waals surface area contributed by atoms with E-state index >= 15 is 13.2 Å². The first-order valence-corrected chi connectivity index (χ1v) is 14.0. The molecule has 0 spiro atoms. The van der Waals surface area contributed by atoms with Crippen molar-refractivity contribution in [1.29, 1.82) is 0 Å². The molecule has 0 aliphatic carbocycles. The van der Waals surface area contributed by atoms with Crippen LogP contribution in [0.5, 0.6) is 5.88 Å². The summed E-state index contributed by atoms with van der Waals surface area (Å²) in [4.78, 5) is 22.4. The molecular formula is C29H19F7N4O4S. The maximum atomic E-state index is 15.5. The molecule has 0 unspecified atom stereocenters.